The molecule has 0 saturated carbocycles. The first kappa shape index (κ1) is 19.2. The second-order valence-electron chi connectivity index (χ2n) is 7.16. The van der Waals surface area contributed by atoms with Crippen LogP contribution in [-0.2, 0) is 0 Å². The molecular formula is C25H17BrN4O. The molecule has 150 valence electrons. The van der Waals surface area contributed by atoms with Crippen LogP contribution in [0.15, 0.2) is 101 Å². The molecule has 0 saturated heterocycles. The van der Waals surface area contributed by atoms with E-state index in [0.717, 1.165) is 32.5 Å². The van der Waals surface area contributed by atoms with E-state index in [2.05, 4.69) is 22.0 Å². The SMILES string of the molecule is N#CC1=C(N)Oc2c(c(-c3ccccc3)nn2-c2ccccc2)[C@H]1c1ccc(Br)cc1. The molecule has 0 spiro atoms. The number of para-hydroxylation sites is 1. The van der Waals surface area contributed by atoms with E-state index in [1.54, 1.807) is 4.68 Å². The second kappa shape index (κ2) is 7.78. The van der Waals surface area contributed by atoms with E-state index in [4.69, 9.17) is 15.6 Å². The lowest BCUT2D eigenvalue weighted by Crippen LogP contribution is -2.22. The number of aromatic nitrogens is 2. The van der Waals surface area contributed by atoms with Crippen LogP contribution in [0, 0.1) is 11.3 Å². The fraction of sp³-hybridized carbons (Fsp3) is 0.0400. The minimum Gasteiger partial charge on any atom is -0.422 e. The largest absolute Gasteiger partial charge is 0.422 e. The summed E-state index contributed by atoms with van der Waals surface area (Å²) < 4.78 is 8.74. The minimum atomic E-state index is -0.394. The molecule has 0 bridgehead atoms. The Balaban J connectivity index is 1.83. The lowest BCUT2D eigenvalue weighted by molar-refractivity contribution is 0.367. The van der Waals surface area contributed by atoms with Crippen molar-refractivity contribution >= 4 is 15.9 Å². The molecule has 0 unspecified atom stereocenters. The maximum Gasteiger partial charge on any atom is 0.229 e. The van der Waals surface area contributed by atoms with Gasteiger partial charge in [0.05, 0.1) is 17.2 Å². The van der Waals surface area contributed by atoms with E-state index in [1.807, 2.05) is 84.9 Å². The molecule has 3 aromatic carbocycles. The van der Waals surface area contributed by atoms with Gasteiger partial charge in [-0.05, 0) is 29.8 Å². The van der Waals surface area contributed by atoms with Crippen molar-refractivity contribution in [3.05, 3.63) is 112 Å². The summed E-state index contributed by atoms with van der Waals surface area (Å²) in [5.74, 6) is 0.226. The fourth-order valence-corrected chi connectivity index (χ4v) is 4.14. The summed E-state index contributed by atoms with van der Waals surface area (Å²) in [6.45, 7) is 0. The average Bonchev–Trinajstić information content (AvgIpc) is 3.19. The van der Waals surface area contributed by atoms with Crippen LogP contribution in [0.25, 0.3) is 16.9 Å². The van der Waals surface area contributed by atoms with Crippen LogP contribution in [-0.4, -0.2) is 9.78 Å². The highest BCUT2D eigenvalue weighted by Gasteiger charge is 2.37. The molecule has 6 heteroatoms. The van der Waals surface area contributed by atoms with Crippen LogP contribution in [0.5, 0.6) is 5.88 Å². The molecule has 0 fully saturated rings. The van der Waals surface area contributed by atoms with E-state index in [1.165, 1.54) is 0 Å². The Bertz CT molecular complexity index is 1320. The third-order valence-electron chi connectivity index (χ3n) is 5.30. The first-order valence-electron chi connectivity index (χ1n) is 9.74. The third kappa shape index (κ3) is 3.29. The molecule has 1 aliphatic rings. The Labute approximate surface area is 188 Å². The number of rotatable bonds is 3. The number of hydrogen-bond donors (Lipinski definition) is 1. The van der Waals surface area contributed by atoms with Gasteiger partial charge in [0, 0.05) is 10.0 Å². The van der Waals surface area contributed by atoms with Crippen molar-refractivity contribution < 1.29 is 4.74 Å². The summed E-state index contributed by atoms with van der Waals surface area (Å²) >= 11 is 3.49. The first-order valence-corrected chi connectivity index (χ1v) is 10.5. The maximum atomic E-state index is 9.95. The number of nitrogens with two attached hydrogens (primary N) is 1. The third-order valence-corrected chi connectivity index (χ3v) is 5.83. The van der Waals surface area contributed by atoms with Crippen LogP contribution < -0.4 is 10.5 Å². The lowest BCUT2D eigenvalue weighted by atomic mass is 9.83. The summed E-state index contributed by atoms with van der Waals surface area (Å²) in [5, 5.41) is 14.9. The Morgan fingerprint density at radius 3 is 2.23 bits per heavy atom. The van der Waals surface area contributed by atoms with Crippen LogP contribution in [0.1, 0.15) is 17.0 Å². The van der Waals surface area contributed by atoms with Gasteiger partial charge in [-0.15, -0.1) is 0 Å². The van der Waals surface area contributed by atoms with Gasteiger partial charge in [0.2, 0.25) is 11.8 Å². The zero-order valence-corrected chi connectivity index (χ0v) is 18.0. The molecule has 1 aromatic heterocycles. The molecule has 31 heavy (non-hydrogen) atoms. The van der Waals surface area contributed by atoms with Crippen molar-refractivity contribution in [2.75, 3.05) is 0 Å². The molecule has 5 nitrogen and oxygen atoms in total. The van der Waals surface area contributed by atoms with Crippen LogP contribution in [0.3, 0.4) is 0 Å². The van der Waals surface area contributed by atoms with Gasteiger partial charge in [-0.2, -0.15) is 15.0 Å². The Hall–Kier alpha value is -3.82. The van der Waals surface area contributed by atoms with Gasteiger partial charge >= 0.3 is 0 Å². The molecule has 0 radical (unpaired) electrons. The average molecular weight is 469 g/mol. The number of fused-ring (bicyclic) bond motifs is 1. The van der Waals surface area contributed by atoms with E-state index >= 15 is 0 Å². The number of nitrogens with zero attached hydrogens (tertiary/aromatic N) is 3. The molecule has 2 heterocycles. The van der Waals surface area contributed by atoms with Crippen molar-refractivity contribution in [1.82, 2.24) is 9.78 Å². The molecule has 1 atom stereocenters. The Morgan fingerprint density at radius 1 is 0.935 bits per heavy atom. The molecule has 0 aliphatic carbocycles. The van der Waals surface area contributed by atoms with Gasteiger partial charge in [-0.3, -0.25) is 0 Å². The topological polar surface area (TPSA) is 76.9 Å². The lowest BCUT2D eigenvalue weighted by Gasteiger charge is -2.25. The van der Waals surface area contributed by atoms with E-state index in [0.29, 0.717) is 11.5 Å². The molecule has 0 amide bonds. The van der Waals surface area contributed by atoms with Gasteiger partial charge in [-0.1, -0.05) is 76.6 Å². The predicted octanol–water partition coefficient (Wildman–Crippen LogP) is 5.52. The number of benzene rings is 3. The number of nitriles is 1. The highest BCUT2D eigenvalue weighted by Crippen LogP contribution is 2.47. The summed E-state index contributed by atoms with van der Waals surface area (Å²) in [6.07, 6.45) is 0. The van der Waals surface area contributed by atoms with Crippen molar-refractivity contribution in [3.8, 4) is 28.9 Å². The smallest absolute Gasteiger partial charge is 0.229 e. The Kier molecular flexibility index (Phi) is 4.81. The summed E-state index contributed by atoms with van der Waals surface area (Å²) in [5.41, 5.74) is 10.9. The van der Waals surface area contributed by atoms with Gasteiger partial charge in [-0.25, -0.2) is 0 Å². The predicted molar refractivity (Wildman–Crippen MR) is 122 cm³/mol. The van der Waals surface area contributed by atoms with Gasteiger partial charge in [0.15, 0.2) is 0 Å². The standard InChI is InChI=1S/C25H17BrN4O/c26-18-13-11-16(12-14-18)21-20(15-27)24(28)31-25-22(21)23(17-7-3-1-4-8-17)29-30(25)19-9-5-2-6-10-19/h1-14,21H,28H2/t21-/m0/s1. The highest BCUT2D eigenvalue weighted by atomic mass is 79.9. The van der Waals surface area contributed by atoms with Crippen molar-refractivity contribution in [2.24, 2.45) is 5.73 Å². The Morgan fingerprint density at radius 2 is 1.58 bits per heavy atom. The van der Waals surface area contributed by atoms with Crippen molar-refractivity contribution in [3.63, 3.8) is 0 Å². The summed E-state index contributed by atoms with van der Waals surface area (Å²) in [7, 11) is 0. The zero-order valence-electron chi connectivity index (χ0n) is 16.4. The van der Waals surface area contributed by atoms with Gasteiger partial charge in [0.1, 0.15) is 17.3 Å². The quantitative estimate of drug-likeness (QED) is 0.429. The highest BCUT2D eigenvalue weighted by molar-refractivity contribution is 9.10. The monoisotopic (exact) mass is 468 g/mol. The number of halogens is 1. The maximum absolute atomic E-state index is 9.95. The van der Waals surface area contributed by atoms with E-state index in [9.17, 15) is 5.26 Å². The number of allylic oxidation sites excluding steroid dienone is 1. The van der Waals surface area contributed by atoms with Crippen LogP contribution in [0.4, 0.5) is 0 Å². The van der Waals surface area contributed by atoms with Crippen LogP contribution >= 0.6 is 15.9 Å². The van der Waals surface area contributed by atoms with Crippen molar-refractivity contribution in [1.29, 1.82) is 5.26 Å². The fourth-order valence-electron chi connectivity index (χ4n) is 3.88. The number of ether oxygens (including phenoxy) is 1. The van der Waals surface area contributed by atoms with Crippen molar-refractivity contribution in [2.45, 2.75) is 5.92 Å². The molecule has 4 aromatic rings. The second-order valence-corrected chi connectivity index (χ2v) is 8.07. The van der Waals surface area contributed by atoms with Gasteiger partial charge in [0.25, 0.3) is 0 Å². The summed E-state index contributed by atoms with van der Waals surface area (Å²) in [4.78, 5) is 0. The first-order chi connectivity index (χ1) is 15.2. The minimum absolute atomic E-state index is 0.0969. The summed E-state index contributed by atoms with van der Waals surface area (Å²) in [6, 6.07) is 29.8. The molecule has 5 rings (SSSR count). The molecule has 2 N–H and O–H groups in total. The molecule has 1 aliphatic heterocycles. The van der Waals surface area contributed by atoms with Crippen LogP contribution in [0.2, 0.25) is 0 Å². The van der Waals surface area contributed by atoms with Gasteiger partial charge < -0.3 is 10.5 Å². The normalized spacial score (nSPS) is 15.2. The number of hydrogen-bond acceptors (Lipinski definition) is 4. The van der Waals surface area contributed by atoms with E-state index in [-0.39, 0.29) is 5.88 Å². The van der Waals surface area contributed by atoms with E-state index < -0.39 is 5.92 Å². The zero-order chi connectivity index (χ0) is 21.4. The molecular weight excluding hydrogens is 452 g/mol.